The third-order valence-corrected chi connectivity index (χ3v) is 19.6. The van der Waals surface area contributed by atoms with Crippen LogP contribution in [0.4, 0.5) is 34.1 Å². The lowest BCUT2D eigenvalue weighted by molar-refractivity contribution is 0.590. The zero-order valence-electron chi connectivity index (χ0n) is 75.9. The van der Waals surface area contributed by atoms with Crippen molar-refractivity contribution in [1.82, 2.24) is 9.13 Å². The highest BCUT2D eigenvalue weighted by Crippen LogP contribution is 2.56. The normalized spacial score (nSPS) is 15.8. The highest BCUT2D eigenvalue weighted by Gasteiger charge is 2.46. The number of aromatic nitrogens is 2. The molecular formula is C94H65BN4O. The molecule has 0 saturated carbocycles. The summed E-state index contributed by atoms with van der Waals surface area (Å²) in [5.41, 5.74) is 4.94. The van der Waals surface area contributed by atoms with Gasteiger partial charge < -0.3 is 23.4 Å². The Bertz CT molecular complexity index is 7510. The van der Waals surface area contributed by atoms with Crippen LogP contribution in [0.1, 0.15) is 56.5 Å². The molecule has 0 fully saturated rings. The summed E-state index contributed by atoms with van der Waals surface area (Å²) >= 11 is 0. The fourth-order valence-corrected chi connectivity index (χ4v) is 15.1. The maximum absolute atomic E-state index is 11.8. The first-order valence-electron chi connectivity index (χ1n) is 44.0. The van der Waals surface area contributed by atoms with Gasteiger partial charge in [-0.2, -0.15) is 0 Å². The van der Waals surface area contributed by atoms with E-state index in [1.807, 2.05) is 237 Å². The van der Waals surface area contributed by atoms with Crippen molar-refractivity contribution in [2.45, 2.75) is 26.2 Å². The lowest BCUT2D eigenvalue weighted by Gasteiger charge is -2.46. The molecule has 5 heterocycles. The minimum Gasteiger partial charge on any atom is -0.456 e. The monoisotopic (exact) mass is 1300 g/mol. The van der Waals surface area contributed by atoms with Crippen LogP contribution in [0.2, 0.25) is 0 Å². The predicted octanol–water partition coefficient (Wildman–Crippen LogP) is 23.5. The van der Waals surface area contributed by atoms with Crippen LogP contribution in [0.15, 0.2) is 344 Å². The molecular weight excluding hydrogens is 1210 g/mol. The second kappa shape index (κ2) is 22.5. The summed E-state index contributed by atoms with van der Waals surface area (Å²) < 4.78 is 229. The molecule has 0 spiro atoms. The van der Waals surface area contributed by atoms with Crippen molar-refractivity contribution in [1.29, 1.82) is 0 Å². The molecule has 0 saturated heterocycles. The SMILES string of the molecule is [2H]c1c([2H])c(-n2c3c([2H])c([2H])c([2H])c([2H])c3c3c([2H])c([2H])c([2H])c([2H])c32)c([2H])c2c1B1c3c(cc(C(C)(C)C)cc3N(c3c(-c4ccccc4)cc(-c4ccccc4)cc3-c3cccc4oc5ccccc5c34)c3c([2H])c(-n4c5c([2H])c([2H])c([2H])c([2H])c5c5c([2H])c([2H])c([2H])c([2H])c54)c([2H])c([2H])c31)N2c1c(-c2ccccc2)cccc1-c1ccccc1. The Morgan fingerprint density at radius 2 is 0.730 bits per heavy atom. The second-order valence-corrected chi connectivity index (χ2v) is 26.2. The minimum absolute atomic E-state index is 0.175. The predicted molar refractivity (Wildman–Crippen MR) is 422 cm³/mol. The summed E-state index contributed by atoms with van der Waals surface area (Å²) in [6, 6.07) is 49.3. The van der Waals surface area contributed by atoms with Crippen LogP contribution in [-0.2, 0) is 5.41 Å². The molecule has 2 aliphatic rings. The van der Waals surface area contributed by atoms with Crippen molar-refractivity contribution >= 4 is 123 Å². The van der Waals surface area contributed by atoms with Gasteiger partial charge in [0.25, 0.3) is 6.71 Å². The van der Waals surface area contributed by atoms with Gasteiger partial charge in [-0.1, -0.05) is 275 Å². The summed E-state index contributed by atoms with van der Waals surface area (Å²) in [7, 11) is 0. The number of nitrogens with zero attached hydrogens (tertiary/aromatic N) is 4. The number of fused-ring (bicyclic) bond motifs is 13. The first-order chi connectivity index (χ1) is 58.5. The summed E-state index contributed by atoms with van der Waals surface area (Å²) in [5, 5.41) is -0.0346. The molecule has 0 amide bonds. The van der Waals surface area contributed by atoms with Gasteiger partial charge in [-0.25, -0.2) is 0 Å². The van der Waals surface area contributed by atoms with Gasteiger partial charge in [0, 0.05) is 88.7 Å². The van der Waals surface area contributed by atoms with Crippen LogP contribution in [0, 0.1) is 0 Å². The van der Waals surface area contributed by atoms with E-state index in [0.717, 1.165) is 25.6 Å². The first kappa shape index (κ1) is 39.5. The van der Waals surface area contributed by atoms with Crippen LogP contribution < -0.4 is 26.2 Å². The molecule has 0 radical (unpaired) electrons. The van der Waals surface area contributed by atoms with Crippen molar-refractivity contribution in [2.24, 2.45) is 0 Å². The highest BCUT2D eigenvalue weighted by molar-refractivity contribution is 7.00. The Hall–Kier alpha value is -12.6. The summed E-state index contributed by atoms with van der Waals surface area (Å²) in [5.74, 6) is 0. The molecule has 0 bridgehead atoms. The standard InChI is InChI=1S/C94H65BN4O/c1-94(2,3)65-56-86-91-87(57-65)99(93-76(63-34-14-7-15-35-63)54-64(60-28-8-4-9-29-60)55-77(93)74-43-27-49-89-90(74)75-40-20-25-48-88(75)100-89)85-59-67(97-82-46-23-18-38-72(82)73-39-19-24-47-83(73)97)51-53-79(85)95(91)78-52-50-66(96-80-44-21-16-36-70(80)71-37-17-22-45-81(71)96)58-84(78)98(86)92-68(61-30-10-5-11-31-61)41-26-42-69(92)62-32-12-6-13-33-62/h4-59H,1-3H3/i16D,17D,18D,19D,21D,22D,23D,24D,36D,37D,38D,39D,44D,45D,46D,47D,50D,51D,52D,53D,58D,59D. The summed E-state index contributed by atoms with van der Waals surface area (Å²) in [6.07, 6.45) is 0. The van der Waals surface area contributed by atoms with Crippen LogP contribution in [0.3, 0.4) is 0 Å². The Balaban J connectivity index is 1.06. The van der Waals surface area contributed by atoms with Gasteiger partial charge in [-0.15, -0.1) is 0 Å². The molecule has 100 heavy (non-hydrogen) atoms. The average molecular weight is 1300 g/mol. The minimum atomic E-state index is -1.67. The Morgan fingerprint density at radius 1 is 0.330 bits per heavy atom. The van der Waals surface area contributed by atoms with E-state index in [4.69, 9.17) is 9.90 Å². The molecule has 0 N–H and O–H groups in total. The largest absolute Gasteiger partial charge is 0.456 e. The molecule has 470 valence electrons. The third-order valence-electron chi connectivity index (χ3n) is 19.6. The molecule has 6 heteroatoms. The molecule has 20 rings (SSSR count). The smallest absolute Gasteiger partial charge is 0.252 e. The van der Waals surface area contributed by atoms with Gasteiger partial charge >= 0.3 is 0 Å². The number of rotatable bonds is 9. The molecule has 15 aromatic carbocycles. The van der Waals surface area contributed by atoms with Crippen molar-refractivity contribution < 1.29 is 34.6 Å². The van der Waals surface area contributed by atoms with Gasteiger partial charge in [0.2, 0.25) is 0 Å². The van der Waals surface area contributed by atoms with Gasteiger partial charge in [-0.3, -0.25) is 0 Å². The van der Waals surface area contributed by atoms with Crippen molar-refractivity contribution in [2.75, 3.05) is 9.80 Å². The third kappa shape index (κ3) is 8.83. The second-order valence-electron chi connectivity index (χ2n) is 26.2. The van der Waals surface area contributed by atoms with Gasteiger partial charge in [-0.05, 0) is 145 Å². The lowest BCUT2D eigenvalue weighted by Crippen LogP contribution is -2.61. The average Bonchev–Trinajstić information content (AvgIpc) is 1.01. The van der Waals surface area contributed by atoms with E-state index in [-0.39, 0.29) is 55.2 Å². The number of benzene rings is 15. The van der Waals surface area contributed by atoms with Crippen molar-refractivity contribution in [3.8, 4) is 67.0 Å². The van der Waals surface area contributed by atoms with Crippen LogP contribution in [0.5, 0.6) is 0 Å². The van der Waals surface area contributed by atoms with Crippen molar-refractivity contribution in [3.05, 3.63) is 345 Å². The van der Waals surface area contributed by atoms with E-state index in [9.17, 15) is 24.7 Å². The highest BCUT2D eigenvalue weighted by atomic mass is 16.3. The first-order valence-corrected chi connectivity index (χ1v) is 33.0. The zero-order chi connectivity index (χ0) is 85.5. The molecule has 2 aliphatic heterocycles. The van der Waals surface area contributed by atoms with Crippen molar-refractivity contribution in [3.63, 3.8) is 0 Å². The maximum Gasteiger partial charge on any atom is 0.252 e. The molecule has 0 atom stereocenters. The molecule has 0 aliphatic carbocycles. The number of para-hydroxylation sites is 6. The molecule has 18 aromatic rings. The van der Waals surface area contributed by atoms with Gasteiger partial charge in [0.15, 0.2) is 0 Å². The fraction of sp³-hybridized carbons (Fsp3) is 0.0426. The Labute approximate surface area is 611 Å². The van der Waals surface area contributed by atoms with E-state index in [1.165, 1.54) is 0 Å². The van der Waals surface area contributed by atoms with E-state index in [0.29, 0.717) is 83.5 Å². The molecule has 0 unspecified atom stereocenters. The van der Waals surface area contributed by atoms with Gasteiger partial charge in [0.05, 0.1) is 63.6 Å². The quantitative estimate of drug-likeness (QED) is 0.135. The number of anilines is 6. The van der Waals surface area contributed by atoms with E-state index < -0.39 is 179 Å². The van der Waals surface area contributed by atoms with Gasteiger partial charge in [0.1, 0.15) is 11.2 Å². The number of hydrogen-bond acceptors (Lipinski definition) is 3. The zero-order valence-corrected chi connectivity index (χ0v) is 53.9. The summed E-state index contributed by atoms with van der Waals surface area (Å²) in [6.45, 7) is 4.36. The van der Waals surface area contributed by atoms with Crippen LogP contribution in [0.25, 0.3) is 133 Å². The maximum atomic E-state index is 11.8. The fourth-order valence-electron chi connectivity index (χ4n) is 15.1. The molecule has 5 nitrogen and oxygen atoms in total. The Kier molecular flexibility index (Phi) is 8.89. The van der Waals surface area contributed by atoms with Crippen LogP contribution >= 0.6 is 0 Å². The van der Waals surface area contributed by atoms with E-state index in [2.05, 4.69) is 0 Å². The molecule has 3 aromatic heterocycles. The van der Waals surface area contributed by atoms with E-state index in [1.54, 1.807) is 0 Å². The number of hydrogen-bond donors (Lipinski definition) is 0. The topological polar surface area (TPSA) is 29.5 Å². The van der Waals surface area contributed by atoms with Crippen LogP contribution in [-0.4, -0.2) is 15.8 Å². The lowest BCUT2D eigenvalue weighted by atomic mass is 9.33. The summed E-state index contributed by atoms with van der Waals surface area (Å²) in [4.78, 5) is 3.73. The number of furan rings is 1. The van der Waals surface area contributed by atoms with E-state index >= 15 is 0 Å². The Morgan fingerprint density at radius 3 is 1.22 bits per heavy atom.